The Morgan fingerprint density at radius 1 is 1.12 bits per heavy atom. The second-order valence-corrected chi connectivity index (χ2v) is 4.60. The van der Waals surface area contributed by atoms with Crippen molar-refractivity contribution in [2.24, 2.45) is 0 Å². The highest BCUT2D eigenvalue weighted by Crippen LogP contribution is 2.23. The summed E-state index contributed by atoms with van der Waals surface area (Å²) in [7, 11) is 0. The molecule has 0 aromatic heterocycles. The van der Waals surface area contributed by atoms with Gasteiger partial charge < -0.3 is 9.64 Å². The number of rotatable bonds is 8. The lowest BCUT2D eigenvalue weighted by molar-refractivity contribution is -0.896. The lowest BCUT2D eigenvalue weighted by atomic mass is 10.3. The van der Waals surface area contributed by atoms with E-state index >= 15 is 0 Å². The van der Waals surface area contributed by atoms with E-state index in [1.165, 1.54) is 26.1 Å². The highest BCUT2D eigenvalue weighted by Gasteiger charge is 2.02. The zero-order valence-electron chi connectivity index (χ0n) is 10.8. The molecule has 96 valence electrons. The number of unbranched alkanes of at least 4 members (excludes halogenated alkanes) is 1. The summed E-state index contributed by atoms with van der Waals surface area (Å²) in [5.74, 6) is 0.796. The van der Waals surface area contributed by atoms with Gasteiger partial charge in [0.25, 0.3) is 0 Å². The van der Waals surface area contributed by atoms with E-state index in [0.29, 0.717) is 5.02 Å². The first-order valence-electron chi connectivity index (χ1n) is 6.48. The van der Waals surface area contributed by atoms with Gasteiger partial charge in [0.1, 0.15) is 5.75 Å². The maximum atomic E-state index is 6.00. The van der Waals surface area contributed by atoms with E-state index in [2.05, 4.69) is 13.8 Å². The molecule has 0 spiro atoms. The molecular formula is C14H23ClNO+. The number of hydrogen-bond acceptors (Lipinski definition) is 1. The molecule has 0 aliphatic heterocycles. The topological polar surface area (TPSA) is 13.7 Å². The van der Waals surface area contributed by atoms with Crippen molar-refractivity contribution in [3.8, 4) is 5.75 Å². The predicted molar refractivity (Wildman–Crippen MR) is 73.1 cm³/mol. The number of quaternary nitrogens is 1. The van der Waals surface area contributed by atoms with Crippen LogP contribution in [0.15, 0.2) is 24.3 Å². The molecule has 0 heterocycles. The quantitative estimate of drug-likeness (QED) is 0.706. The van der Waals surface area contributed by atoms with Crippen molar-refractivity contribution in [2.45, 2.75) is 26.7 Å². The van der Waals surface area contributed by atoms with Crippen molar-refractivity contribution in [3.63, 3.8) is 0 Å². The molecule has 0 atom stereocenters. The summed E-state index contributed by atoms with van der Waals surface area (Å²) in [6.45, 7) is 8.88. The molecule has 1 aromatic carbocycles. The molecular weight excluding hydrogens is 234 g/mol. The monoisotopic (exact) mass is 256 g/mol. The second kappa shape index (κ2) is 8.37. The van der Waals surface area contributed by atoms with E-state index in [4.69, 9.17) is 16.3 Å². The molecule has 1 rings (SSSR count). The van der Waals surface area contributed by atoms with Crippen molar-refractivity contribution in [1.82, 2.24) is 0 Å². The lowest BCUT2D eigenvalue weighted by Crippen LogP contribution is -3.11. The number of nitrogens with one attached hydrogen (secondary N) is 1. The summed E-state index contributed by atoms with van der Waals surface area (Å²) in [5.41, 5.74) is 0. The van der Waals surface area contributed by atoms with E-state index in [-0.39, 0.29) is 0 Å². The minimum atomic E-state index is 0.696. The highest BCUT2D eigenvalue weighted by atomic mass is 35.5. The Hall–Kier alpha value is -0.730. The Bertz CT molecular complexity index is 313. The van der Waals surface area contributed by atoms with E-state index in [1.807, 2.05) is 24.3 Å². The fourth-order valence-electron chi connectivity index (χ4n) is 1.82. The molecule has 0 aliphatic rings. The van der Waals surface area contributed by atoms with Gasteiger partial charge in [0.15, 0.2) is 0 Å². The summed E-state index contributed by atoms with van der Waals surface area (Å²) < 4.78 is 5.64. The van der Waals surface area contributed by atoms with Gasteiger partial charge in [-0.3, -0.25) is 0 Å². The Balaban J connectivity index is 2.14. The smallest absolute Gasteiger partial charge is 0.137 e. The van der Waals surface area contributed by atoms with Crippen LogP contribution in [0.5, 0.6) is 5.75 Å². The first-order valence-corrected chi connectivity index (χ1v) is 6.86. The van der Waals surface area contributed by atoms with Crippen LogP contribution in [0, 0.1) is 0 Å². The predicted octanol–water partition coefficient (Wildman–Crippen LogP) is 2.42. The van der Waals surface area contributed by atoms with Gasteiger partial charge in [0.2, 0.25) is 0 Å². The van der Waals surface area contributed by atoms with Crippen LogP contribution in [0.2, 0.25) is 5.02 Å². The first kappa shape index (κ1) is 14.3. The van der Waals surface area contributed by atoms with Gasteiger partial charge in [-0.05, 0) is 38.8 Å². The maximum Gasteiger partial charge on any atom is 0.137 e. The van der Waals surface area contributed by atoms with Crippen molar-refractivity contribution in [3.05, 3.63) is 29.3 Å². The summed E-state index contributed by atoms with van der Waals surface area (Å²) in [6.07, 6.45) is 2.30. The molecule has 0 aliphatic carbocycles. The molecule has 0 radical (unpaired) electrons. The fourth-order valence-corrected chi connectivity index (χ4v) is 2.01. The zero-order chi connectivity index (χ0) is 12.5. The first-order chi connectivity index (χ1) is 8.27. The van der Waals surface area contributed by atoms with Crippen LogP contribution < -0.4 is 9.64 Å². The summed E-state index contributed by atoms with van der Waals surface area (Å²) >= 11 is 6.00. The Morgan fingerprint density at radius 3 is 2.47 bits per heavy atom. The third kappa shape index (κ3) is 5.42. The Morgan fingerprint density at radius 2 is 1.82 bits per heavy atom. The van der Waals surface area contributed by atoms with Crippen LogP contribution in [0.3, 0.4) is 0 Å². The molecule has 0 fully saturated rings. The van der Waals surface area contributed by atoms with Crippen molar-refractivity contribution in [1.29, 1.82) is 0 Å². The SMILES string of the molecule is CC[NH+](CC)CCCCOc1ccccc1Cl. The zero-order valence-corrected chi connectivity index (χ0v) is 11.6. The van der Waals surface area contributed by atoms with Gasteiger partial charge in [-0.1, -0.05) is 23.7 Å². The number of benzene rings is 1. The molecule has 1 aromatic rings. The average molecular weight is 257 g/mol. The molecule has 0 amide bonds. The number of para-hydroxylation sites is 1. The van der Waals surface area contributed by atoms with Crippen LogP contribution in [0.4, 0.5) is 0 Å². The van der Waals surface area contributed by atoms with E-state index < -0.39 is 0 Å². The largest absolute Gasteiger partial charge is 0.492 e. The highest BCUT2D eigenvalue weighted by molar-refractivity contribution is 6.32. The van der Waals surface area contributed by atoms with E-state index in [1.54, 1.807) is 4.90 Å². The molecule has 3 heteroatoms. The van der Waals surface area contributed by atoms with Gasteiger partial charge in [-0.15, -0.1) is 0 Å². The van der Waals surface area contributed by atoms with Crippen LogP contribution in [-0.4, -0.2) is 26.2 Å². The third-order valence-electron chi connectivity index (χ3n) is 3.02. The average Bonchev–Trinajstić information content (AvgIpc) is 2.36. The fraction of sp³-hybridized carbons (Fsp3) is 0.571. The molecule has 17 heavy (non-hydrogen) atoms. The number of ether oxygens (including phenoxy) is 1. The van der Waals surface area contributed by atoms with Gasteiger partial charge in [-0.2, -0.15) is 0 Å². The summed E-state index contributed by atoms with van der Waals surface area (Å²) in [5, 5.41) is 0.696. The van der Waals surface area contributed by atoms with E-state index in [9.17, 15) is 0 Å². The lowest BCUT2D eigenvalue weighted by Gasteiger charge is -2.15. The Labute approximate surface area is 110 Å². The van der Waals surface area contributed by atoms with Gasteiger partial charge >= 0.3 is 0 Å². The van der Waals surface area contributed by atoms with Gasteiger partial charge in [-0.25, -0.2) is 0 Å². The second-order valence-electron chi connectivity index (χ2n) is 4.19. The maximum absolute atomic E-state index is 6.00. The molecule has 0 saturated heterocycles. The van der Waals surface area contributed by atoms with Crippen molar-refractivity contribution in [2.75, 3.05) is 26.2 Å². The van der Waals surface area contributed by atoms with Crippen LogP contribution >= 0.6 is 11.6 Å². The van der Waals surface area contributed by atoms with Gasteiger partial charge in [0.05, 0.1) is 31.3 Å². The molecule has 2 nitrogen and oxygen atoms in total. The minimum Gasteiger partial charge on any atom is -0.492 e. The third-order valence-corrected chi connectivity index (χ3v) is 3.33. The minimum absolute atomic E-state index is 0.696. The van der Waals surface area contributed by atoms with Crippen LogP contribution in [0.1, 0.15) is 26.7 Å². The Kier molecular flexibility index (Phi) is 7.06. The normalized spacial score (nSPS) is 10.8. The number of halogens is 1. The molecule has 0 bridgehead atoms. The summed E-state index contributed by atoms with van der Waals surface area (Å²) in [4.78, 5) is 1.66. The van der Waals surface area contributed by atoms with Crippen LogP contribution in [0.25, 0.3) is 0 Å². The van der Waals surface area contributed by atoms with E-state index in [0.717, 1.165) is 18.8 Å². The van der Waals surface area contributed by atoms with Crippen molar-refractivity contribution < 1.29 is 9.64 Å². The number of hydrogen-bond donors (Lipinski definition) is 1. The van der Waals surface area contributed by atoms with Crippen molar-refractivity contribution >= 4 is 11.6 Å². The van der Waals surface area contributed by atoms with Gasteiger partial charge in [0, 0.05) is 0 Å². The standard InChI is InChI=1S/C14H22ClNO/c1-3-16(4-2)11-7-8-12-17-14-10-6-5-9-13(14)15/h5-6,9-10H,3-4,7-8,11-12H2,1-2H3/p+1. The van der Waals surface area contributed by atoms with Crippen LogP contribution in [-0.2, 0) is 0 Å². The summed E-state index contributed by atoms with van der Waals surface area (Å²) in [6, 6.07) is 7.63. The molecule has 0 saturated carbocycles. The molecule has 0 unspecified atom stereocenters. The molecule has 1 N–H and O–H groups in total.